The topological polar surface area (TPSA) is 64.1 Å². The van der Waals surface area contributed by atoms with E-state index in [0.717, 1.165) is 44.3 Å². The second kappa shape index (κ2) is 12.2. The molecule has 0 aliphatic carbocycles. The Bertz CT molecular complexity index is 1180. The number of likely N-dealkylation sites (tertiary alicyclic amines) is 2. The van der Waals surface area contributed by atoms with Crippen LogP contribution in [0.1, 0.15) is 66.9 Å². The summed E-state index contributed by atoms with van der Waals surface area (Å²) in [6.45, 7) is 9.46. The number of phenolic OH excluding ortho intramolecular Hbond substituents is 1. The number of carbonyl (C=O) groups is 2. The lowest BCUT2D eigenvalue weighted by Gasteiger charge is -2.46. The van der Waals surface area contributed by atoms with Gasteiger partial charge in [0.15, 0.2) is 5.78 Å². The van der Waals surface area contributed by atoms with Gasteiger partial charge in [0, 0.05) is 42.6 Å². The maximum Gasteiger partial charge on any atom is 0.228 e. The van der Waals surface area contributed by atoms with Gasteiger partial charge in [-0.3, -0.25) is 9.59 Å². The number of aromatic hydroxyl groups is 1. The number of carbonyl (C=O) groups excluding carboxylic acids is 2. The minimum absolute atomic E-state index is 0.0297. The number of ketones is 1. The van der Waals surface area contributed by atoms with Gasteiger partial charge in [0.25, 0.3) is 0 Å². The SMILES string of the molecule is Cc1c(F)cccc1[C@@H]1[C@@H](C(=O)c2cccc(O)c2)CN(CCCCN(C)C)C[C@H]1C(=O)N1CCCC1(C)C. The van der Waals surface area contributed by atoms with E-state index in [1.165, 1.54) is 12.1 Å². The molecule has 1 N–H and O–H groups in total. The summed E-state index contributed by atoms with van der Waals surface area (Å²) in [4.78, 5) is 34.9. The Morgan fingerprint density at radius 2 is 1.79 bits per heavy atom. The summed E-state index contributed by atoms with van der Waals surface area (Å²) in [6.07, 6.45) is 3.88. The van der Waals surface area contributed by atoms with E-state index >= 15 is 0 Å². The van der Waals surface area contributed by atoms with Crippen LogP contribution < -0.4 is 0 Å². The van der Waals surface area contributed by atoms with Crippen LogP contribution in [-0.4, -0.2) is 83.9 Å². The first kappa shape index (κ1) is 29.2. The molecule has 0 spiro atoms. The highest BCUT2D eigenvalue weighted by atomic mass is 19.1. The first-order valence-electron chi connectivity index (χ1n) is 14.3. The lowest BCUT2D eigenvalue weighted by atomic mass is 9.69. The first-order valence-corrected chi connectivity index (χ1v) is 14.3. The summed E-state index contributed by atoms with van der Waals surface area (Å²) in [7, 11) is 4.12. The lowest BCUT2D eigenvalue weighted by molar-refractivity contribution is -0.142. The molecule has 3 atom stereocenters. The largest absolute Gasteiger partial charge is 0.508 e. The molecule has 4 rings (SSSR count). The molecular weight excluding hydrogens is 493 g/mol. The predicted octanol–water partition coefficient (Wildman–Crippen LogP) is 5.10. The molecule has 1 amide bonds. The van der Waals surface area contributed by atoms with Gasteiger partial charge in [0.05, 0.1) is 5.92 Å². The summed E-state index contributed by atoms with van der Waals surface area (Å²) in [5, 5.41) is 10.1. The van der Waals surface area contributed by atoms with E-state index in [1.807, 2.05) is 11.0 Å². The zero-order valence-electron chi connectivity index (χ0n) is 24.1. The third kappa shape index (κ3) is 6.52. The van der Waals surface area contributed by atoms with E-state index in [9.17, 15) is 19.1 Å². The molecule has 0 aromatic heterocycles. The van der Waals surface area contributed by atoms with Crippen LogP contribution in [-0.2, 0) is 4.79 Å². The highest BCUT2D eigenvalue weighted by Crippen LogP contribution is 2.43. The van der Waals surface area contributed by atoms with Crippen LogP contribution in [0.15, 0.2) is 42.5 Å². The van der Waals surface area contributed by atoms with E-state index in [0.29, 0.717) is 30.8 Å². The molecule has 0 unspecified atom stereocenters. The molecule has 2 aromatic carbocycles. The Morgan fingerprint density at radius 3 is 2.46 bits per heavy atom. The monoisotopic (exact) mass is 537 g/mol. The number of phenols is 1. The van der Waals surface area contributed by atoms with Crippen molar-refractivity contribution in [1.82, 2.24) is 14.7 Å². The van der Waals surface area contributed by atoms with Crippen molar-refractivity contribution in [3.63, 3.8) is 0 Å². The van der Waals surface area contributed by atoms with Crippen LogP contribution in [0.25, 0.3) is 0 Å². The lowest BCUT2D eigenvalue weighted by Crippen LogP contribution is -2.55. The molecule has 2 aliphatic heterocycles. The number of piperidine rings is 1. The van der Waals surface area contributed by atoms with Crippen LogP contribution in [0.4, 0.5) is 4.39 Å². The molecule has 0 radical (unpaired) electrons. The van der Waals surface area contributed by atoms with Crippen molar-refractivity contribution in [2.24, 2.45) is 11.8 Å². The molecule has 0 saturated carbocycles. The number of halogens is 1. The maximum absolute atomic E-state index is 14.9. The third-order valence-electron chi connectivity index (χ3n) is 8.73. The predicted molar refractivity (Wildman–Crippen MR) is 153 cm³/mol. The normalized spacial score (nSPS) is 23.4. The Labute approximate surface area is 232 Å². The Hall–Kier alpha value is -2.77. The summed E-state index contributed by atoms with van der Waals surface area (Å²) in [6, 6.07) is 11.4. The molecule has 2 fully saturated rings. The van der Waals surface area contributed by atoms with Crippen LogP contribution in [0.5, 0.6) is 5.75 Å². The van der Waals surface area contributed by atoms with Crippen molar-refractivity contribution < 1.29 is 19.1 Å². The Kier molecular flexibility index (Phi) is 9.12. The third-order valence-corrected chi connectivity index (χ3v) is 8.73. The summed E-state index contributed by atoms with van der Waals surface area (Å²) < 4.78 is 14.9. The van der Waals surface area contributed by atoms with Crippen molar-refractivity contribution in [3.8, 4) is 5.75 Å². The number of hydrogen-bond acceptors (Lipinski definition) is 5. The van der Waals surface area contributed by atoms with Crippen molar-refractivity contribution in [1.29, 1.82) is 0 Å². The molecule has 7 heteroatoms. The van der Waals surface area contributed by atoms with E-state index < -0.39 is 17.8 Å². The fourth-order valence-electron chi connectivity index (χ4n) is 6.57. The summed E-state index contributed by atoms with van der Waals surface area (Å²) in [5.74, 6) is -1.84. The molecule has 39 heavy (non-hydrogen) atoms. The number of unbranched alkanes of at least 4 members (excludes halogenated alkanes) is 1. The number of benzene rings is 2. The minimum Gasteiger partial charge on any atom is -0.508 e. The minimum atomic E-state index is -0.547. The highest BCUT2D eigenvalue weighted by molar-refractivity contribution is 5.99. The van der Waals surface area contributed by atoms with Gasteiger partial charge in [-0.2, -0.15) is 0 Å². The van der Waals surface area contributed by atoms with Crippen LogP contribution >= 0.6 is 0 Å². The fourth-order valence-corrected chi connectivity index (χ4v) is 6.57. The van der Waals surface area contributed by atoms with E-state index in [-0.39, 0.29) is 28.8 Å². The van der Waals surface area contributed by atoms with Gasteiger partial charge < -0.3 is 19.8 Å². The van der Waals surface area contributed by atoms with E-state index in [1.54, 1.807) is 31.2 Å². The average Bonchev–Trinajstić information content (AvgIpc) is 3.25. The van der Waals surface area contributed by atoms with Crippen LogP contribution in [0, 0.1) is 24.6 Å². The van der Waals surface area contributed by atoms with Crippen LogP contribution in [0.2, 0.25) is 0 Å². The fraction of sp³-hybridized carbons (Fsp3) is 0.562. The molecule has 6 nitrogen and oxygen atoms in total. The number of rotatable bonds is 9. The second-order valence-electron chi connectivity index (χ2n) is 12.3. The zero-order valence-corrected chi connectivity index (χ0v) is 24.1. The van der Waals surface area contributed by atoms with E-state index in [2.05, 4.69) is 37.7 Å². The molecule has 212 valence electrons. The van der Waals surface area contributed by atoms with Gasteiger partial charge in [-0.15, -0.1) is 0 Å². The van der Waals surface area contributed by atoms with Crippen LogP contribution in [0.3, 0.4) is 0 Å². The van der Waals surface area contributed by atoms with Crippen molar-refractivity contribution in [2.45, 2.75) is 57.9 Å². The van der Waals surface area contributed by atoms with Gasteiger partial charge >= 0.3 is 0 Å². The molecular formula is C32H44FN3O3. The molecule has 2 aromatic rings. The van der Waals surface area contributed by atoms with Crippen molar-refractivity contribution >= 4 is 11.7 Å². The Morgan fingerprint density at radius 1 is 1.08 bits per heavy atom. The van der Waals surface area contributed by atoms with Crippen molar-refractivity contribution in [2.75, 3.05) is 46.8 Å². The first-order chi connectivity index (χ1) is 18.5. The Balaban J connectivity index is 1.77. The number of hydrogen-bond donors (Lipinski definition) is 1. The maximum atomic E-state index is 14.9. The zero-order chi connectivity index (χ0) is 28.3. The highest BCUT2D eigenvalue weighted by Gasteiger charge is 2.48. The van der Waals surface area contributed by atoms with Gasteiger partial charge in [-0.1, -0.05) is 24.3 Å². The smallest absolute Gasteiger partial charge is 0.228 e. The number of amides is 1. The van der Waals surface area contributed by atoms with Gasteiger partial charge in [0.1, 0.15) is 11.6 Å². The van der Waals surface area contributed by atoms with E-state index in [4.69, 9.17) is 0 Å². The molecule has 0 bridgehead atoms. The molecule has 2 aliphatic rings. The quantitative estimate of drug-likeness (QED) is 0.356. The summed E-state index contributed by atoms with van der Waals surface area (Å²) >= 11 is 0. The summed E-state index contributed by atoms with van der Waals surface area (Å²) in [5.41, 5.74) is 1.39. The second-order valence-corrected chi connectivity index (χ2v) is 12.3. The molecule has 2 saturated heterocycles. The average molecular weight is 538 g/mol. The van der Waals surface area contributed by atoms with Crippen molar-refractivity contribution in [3.05, 3.63) is 65.0 Å². The number of nitrogens with zero attached hydrogens (tertiary/aromatic N) is 3. The molecule has 2 heterocycles. The standard InChI is InChI=1S/C32H44FN3O3/c1-22-25(13-9-14-28(22)33)29-26(30(38)23-11-8-12-24(37)19-23)20-35(17-7-6-16-34(4)5)21-27(29)31(39)36-18-10-15-32(36,2)3/h8-9,11-14,19,26-27,29,37H,6-7,10,15-18,20-21H2,1-5H3/t26-,27+,29+/m0/s1. The van der Waals surface area contributed by atoms with Gasteiger partial charge in [-0.25, -0.2) is 4.39 Å². The van der Waals surface area contributed by atoms with Gasteiger partial charge in [0.2, 0.25) is 5.91 Å². The van der Waals surface area contributed by atoms with Gasteiger partial charge in [-0.05, 0) is 103 Å². The number of Topliss-reactive ketones (excluding diaryl/α,β-unsaturated/α-hetero) is 1.